The molecule has 0 unspecified atom stereocenters. The summed E-state index contributed by atoms with van der Waals surface area (Å²) in [6.45, 7) is 2.43. The molecule has 26 heavy (non-hydrogen) atoms. The van der Waals surface area contributed by atoms with E-state index in [1.54, 1.807) is 0 Å². The molecule has 0 N–H and O–H groups in total. The first kappa shape index (κ1) is 17.3. The van der Waals surface area contributed by atoms with Crippen molar-refractivity contribution in [1.29, 1.82) is 0 Å². The van der Waals surface area contributed by atoms with E-state index >= 15 is 0 Å². The van der Waals surface area contributed by atoms with E-state index < -0.39 is 0 Å². The lowest BCUT2D eigenvalue weighted by atomic mass is 9.99. The SMILES string of the molecule is Cc1cccc(Cl)c1OCc1cccn2c(C3CCCCCC3)nnc12. The lowest BCUT2D eigenvalue weighted by molar-refractivity contribution is 0.305. The third-order valence-electron chi connectivity index (χ3n) is 5.30. The number of ether oxygens (including phenoxy) is 1. The minimum absolute atomic E-state index is 0.428. The number of pyridine rings is 1. The van der Waals surface area contributed by atoms with E-state index in [1.807, 2.05) is 31.2 Å². The van der Waals surface area contributed by atoms with E-state index in [1.165, 1.54) is 38.5 Å². The van der Waals surface area contributed by atoms with Crippen LogP contribution in [0.1, 0.15) is 61.4 Å². The topological polar surface area (TPSA) is 39.4 Å². The van der Waals surface area contributed by atoms with Gasteiger partial charge in [0.2, 0.25) is 0 Å². The van der Waals surface area contributed by atoms with Crippen molar-refractivity contribution < 1.29 is 4.74 Å². The maximum Gasteiger partial charge on any atom is 0.167 e. The standard InChI is InChI=1S/C21H24ClN3O/c1-15-8-6-12-18(22)19(15)26-14-17-11-7-13-25-20(23-24-21(17)25)16-9-4-2-3-5-10-16/h6-8,11-13,16H,2-5,9-10,14H2,1H3. The van der Waals surface area contributed by atoms with Crippen LogP contribution in [0, 0.1) is 6.92 Å². The van der Waals surface area contributed by atoms with E-state index in [-0.39, 0.29) is 0 Å². The first-order valence-corrected chi connectivity index (χ1v) is 9.82. The predicted molar refractivity (Wildman–Crippen MR) is 104 cm³/mol. The van der Waals surface area contributed by atoms with Crippen molar-refractivity contribution in [3.05, 3.63) is 58.5 Å². The highest BCUT2D eigenvalue weighted by atomic mass is 35.5. The third-order valence-corrected chi connectivity index (χ3v) is 5.60. The molecule has 1 fully saturated rings. The quantitative estimate of drug-likeness (QED) is 0.553. The summed E-state index contributed by atoms with van der Waals surface area (Å²) in [5.74, 6) is 2.34. The van der Waals surface area contributed by atoms with Crippen molar-refractivity contribution in [2.75, 3.05) is 0 Å². The van der Waals surface area contributed by atoms with E-state index in [4.69, 9.17) is 16.3 Å². The van der Waals surface area contributed by atoms with Gasteiger partial charge in [-0.05, 0) is 37.5 Å². The number of benzene rings is 1. The number of nitrogens with zero attached hydrogens (tertiary/aromatic N) is 3. The molecule has 0 aliphatic heterocycles. The zero-order chi connectivity index (χ0) is 17.9. The van der Waals surface area contributed by atoms with Gasteiger partial charge in [-0.3, -0.25) is 4.40 Å². The van der Waals surface area contributed by atoms with Gasteiger partial charge >= 0.3 is 0 Å². The number of fused-ring (bicyclic) bond motifs is 1. The molecule has 136 valence electrons. The molecule has 4 nitrogen and oxygen atoms in total. The first-order valence-electron chi connectivity index (χ1n) is 9.44. The smallest absolute Gasteiger partial charge is 0.167 e. The molecule has 0 amide bonds. The maximum absolute atomic E-state index is 6.28. The van der Waals surface area contributed by atoms with Crippen molar-refractivity contribution in [2.45, 2.75) is 58.0 Å². The van der Waals surface area contributed by atoms with Crippen LogP contribution < -0.4 is 4.74 Å². The van der Waals surface area contributed by atoms with Gasteiger partial charge in [0, 0.05) is 17.7 Å². The van der Waals surface area contributed by atoms with Gasteiger partial charge in [0.1, 0.15) is 18.2 Å². The second-order valence-electron chi connectivity index (χ2n) is 7.15. The number of halogens is 1. The van der Waals surface area contributed by atoms with Crippen molar-refractivity contribution in [1.82, 2.24) is 14.6 Å². The minimum Gasteiger partial charge on any atom is -0.487 e. The molecule has 0 atom stereocenters. The molecule has 2 heterocycles. The van der Waals surface area contributed by atoms with Gasteiger partial charge in [-0.25, -0.2) is 0 Å². The normalized spacial score (nSPS) is 15.9. The lowest BCUT2D eigenvalue weighted by Gasteiger charge is -2.13. The fourth-order valence-corrected chi connectivity index (χ4v) is 4.14. The number of hydrogen-bond donors (Lipinski definition) is 0. The van der Waals surface area contributed by atoms with E-state index in [0.717, 1.165) is 28.3 Å². The number of aromatic nitrogens is 3. The highest BCUT2D eigenvalue weighted by Crippen LogP contribution is 2.32. The van der Waals surface area contributed by atoms with Crippen LogP contribution in [0.2, 0.25) is 5.02 Å². The molecule has 1 aliphatic carbocycles. The van der Waals surface area contributed by atoms with Crippen LogP contribution in [-0.4, -0.2) is 14.6 Å². The van der Waals surface area contributed by atoms with E-state index in [9.17, 15) is 0 Å². The van der Waals surface area contributed by atoms with Gasteiger partial charge in [0.25, 0.3) is 0 Å². The van der Waals surface area contributed by atoms with E-state index in [2.05, 4.69) is 26.9 Å². The van der Waals surface area contributed by atoms with Gasteiger partial charge in [0.15, 0.2) is 5.65 Å². The van der Waals surface area contributed by atoms with Crippen LogP contribution in [0.5, 0.6) is 5.75 Å². The van der Waals surface area contributed by atoms with Crippen LogP contribution in [0.4, 0.5) is 0 Å². The van der Waals surface area contributed by atoms with Crippen molar-refractivity contribution in [2.24, 2.45) is 0 Å². The fourth-order valence-electron chi connectivity index (χ4n) is 3.87. The summed E-state index contributed by atoms with van der Waals surface area (Å²) in [5, 5.41) is 9.66. The third kappa shape index (κ3) is 3.43. The Morgan fingerprint density at radius 2 is 1.88 bits per heavy atom. The summed E-state index contributed by atoms with van der Waals surface area (Å²) in [6, 6.07) is 9.89. The van der Waals surface area contributed by atoms with Crippen molar-refractivity contribution in [3.63, 3.8) is 0 Å². The van der Waals surface area contributed by atoms with Gasteiger partial charge in [-0.1, -0.05) is 55.5 Å². The number of rotatable bonds is 4. The summed E-state index contributed by atoms with van der Waals surface area (Å²) in [7, 11) is 0. The molecule has 4 rings (SSSR count). The second-order valence-corrected chi connectivity index (χ2v) is 7.56. The van der Waals surface area contributed by atoms with Gasteiger partial charge in [-0.15, -0.1) is 10.2 Å². The molecule has 1 aromatic carbocycles. The largest absolute Gasteiger partial charge is 0.487 e. The Balaban J connectivity index is 1.60. The van der Waals surface area contributed by atoms with Gasteiger partial charge in [0.05, 0.1) is 5.02 Å². The van der Waals surface area contributed by atoms with Crippen LogP contribution in [-0.2, 0) is 6.61 Å². The summed E-state index contributed by atoms with van der Waals surface area (Å²) in [5.41, 5.74) is 2.95. The Hall–Kier alpha value is -2.07. The molecule has 0 saturated heterocycles. The Morgan fingerprint density at radius 3 is 2.65 bits per heavy atom. The molecular weight excluding hydrogens is 346 g/mol. The van der Waals surface area contributed by atoms with Crippen molar-refractivity contribution >= 4 is 17.2 Å². The maximum atomic E-state index is 6.28. The fraction of sp³-hybridized carbons (Fsp3) is 0.429. The first-order chi connectivity index (χ1) is 12.7. The molecule has 5 heteroatoms. The summed E-state index contributed by atoms with van der Waals surface area (Å²) in [6.07, 6.45) is 9.73. The summed E-state index contributed by atoms with van der Waals surface area (Å²) >= 11 is 6.28. The Morgan fingerprint density at radius 1 is 1.08 bits per heavy atom. The molecule has 0 bridgehead atoms. The number of aryl methyl sites for hydroxylation is 1. The summed E-state index contributed by atoms with van der Waals surface area (Å²) in [4.78, 5) is 0. The molecule has 1 aliphatic rings. The molecule has 0 radical (unpaired) electrons. The lowest BCUT2D eigenvalue weighted by Crippen LogP contribution is -2.05. The van der Waals surface area contributed by atoms with Crippen LogP contribution >= 0.6 is 11.6 Å². The molecule has 1 saturated carbocycles. The highest BCUT2D eigenvalue weighted by molar-refractivity contribution is 6.32. The molecule has 2 aromatic heterocycles. The molecule has 3 aromatic rings. The van der Waals surface area contributed by atoms with E-state index in [0.29, 0.717) is 17.5 Å². The van der Waals surface area contributed by atoms with Crippen LogP contribution in [0.15, 0.2) is 36.5 Å². The Labute approximate surface area is 159 Å². The number of para-hydroxylation sites is 1. The minimum atomic E-state index is 0.428. The average Bonchev–Trinajstić information content (AvgIpc) is 2.89. The second kappa shape index (κ2) is 7.67. The van der Waals surface area contributed by atoms with Crippen LogP contribution in [0.25, 0.3) is 5.65 Å². The number of hydrogen-bond acceptors (Lipinski definition) is 3. The van der Waals surface area contributed by atoms with Crippen molar-refractivity contribution in [3.8, 4) is 5.75 Å². The van der Waals surface area contributed by atoms with Crippen LogP contribution in [0.3, 0.4) is 0 Å². The Bertz CT molecular complexity index is 877. The Kier molecular flexibility index (Phi) is 5.11. The molecular formula is C21H24ClN3O. The summed E-state index contributed by atoms with van der Waals surface area (Å²) < 4.78 is 8.17. The van der Waals surface area contributed by atoms with Gasteiger partial charge in [-0.2, -0.15) is 0 Å². The molecule has 0 spiro atoms. The van der Waals surface area contributed by atoms with Gasteiger partial charge < -0.3 is 4.74 Å². The zero-order valence-electron chi connectivity index (χ0n) is 15.1. The highest BCUT2D eigenvalue weighted by Gasteiger charge is 2.20. The zero-order valence-corrected chi connectivity index (χ0v) is 15.9. The average molecular weight is 370 g/mol. The predicted octanol–water partition coefficient (Wildman–Crippen LogP) is 5.71. The monoisotopic (exact) mass is 369 g/mol.